The summed E-state index contributed by atoms with van der Waals surface area (Å²) >= 11 is 3.37. The maximum absolute atomic E-state index is 11.5. The Morgan fingerprint density at radius 1 is 1.47 bits per heavy atom. The lowest BCUT2D eigenvalue weighted by molar-refractivity contribution is -0.122. The van der Waals surface area contributed by atoms with Crippen LogP contribution in [0.15, 0.2) is 28.7 Å². The number of ketones is 1. The van der Waals surface area contributed by atoms with Gasteiger partial charge in [-0.05, 0) is 24.1 Å². The van der Waals surface area contributed by atoms with E-state index in [4.69, 9.17) is 4.74 Å². The second kappa shape index (κ2) is 6.75. The van der Waals surface area contributed by atoms with Gasteiger partial charge in [-0.2, -0.15) is 0 Å². The maximum atomic E-state index is 11.5. The van der Waals surface area contributed by atoms with Crippen LogP contribution in [-0.2, 0) is 16.0 Å². The van der Waals surface area contributed by atoms with E-state index in [2.05, 4.69) is 15.9 Å². The van der Waals surface area contributed by atoms with Gasteiger partial charge in [-0.25, -0.2) is 0 Å². The molecule has 1 rings (SSSR count). The Balaban J connectivity index is 2.37. The van der Waals surface area contributed by atoms with Crippen molar-refractivity contribution in [2.45, 2.75) is 19.8 Å². The van der Waals surface area contributed by atoms with Crippen LogP contribution in [-0.4, -0.2) is 19.0 Å². The summed E-state index contributed by atoms with van der Waals surface area (Å²) in [6, 6.07) is 7.78. The maximum Gasteiger partial charge on any atom is 0.162 e. The molecule has 1 aromatic rings. The molecule has 0 aromatic heterocycles. The Labute approximate surface area is 98.8 Å². The van der Waals surface area contributed by atoms with Gasteiger partial charge in [0.05, 0.1) is 0 Å². The molecule has 0 fully saturated rings. The van der Waals surface area contributed by atoms with Gasteiger partial charge in [0.15, 0.2) is 5.78 Å². The summed E-state index contributed by atoms with van der Waals surface area (Å²) in [5, 5.41) is 0. The number of carbonyl (C=O) groups excluding carboxylic acids is 1. The van der Waals surface area contributed by atoms with Crippen molar-refractivity contribution in [3.63, 3.8) is 0 Å². The van der Waals surface area contributed by atoms with Crippen LogP contribution in [0.1, 0.15) is 18.9 Å². The van der Waals surface area contributed by atoms with E-state index in [9.17, 15) is 4.79 Å². The number of ether oxygens (including phenoxy) is 1. The molecule has 2 nitrogen and oxygen atoms in total. The van der Waals surface area contributed by atoms with Crippen molar-refractivity contribution in [1.29, 1.82) is 0 Å². The molecule has 0 spiro atoms. The molecule has 0 saturated carbocycles. The Morgan fingerprint density at radius 3 is 2.93 bits per heavy atom. The largest absolute Gasteiger partial charge is 0.374 e. The van der Waals surface area contributed by atoms with E-state index in [-0.39, 0.29) is 12.4 Å². The molecular formula is C12H15BrO2. The first-order valence-electron chi connectivity index (χ1n) is 5.06. The predicted molar refractivity (Wildman–Crippen MR) is 64.0 cm³/mol. The van der Waals surface area contributed by atoms with E-state index < -0.39 is 0 Å². The Bertz CT molecular complexity index is 323. The summed E-state index contributed by atoms with van der Waals surface area (Å²) in [6.45, 7) is 2.91. The van der Waals surface area contributed by atoms with Crippen LogP contribution in [0.2, 0.25) is 0 Å². The molecule has 0 aliphatic heterocycles. The normalized spacial score (nSPS) is 10.3. The third-order valence-electron chi connectivity index (χ3n) is 1.90. The molecule has 0 bridgehead atoms. The average molecular weight is 271 g/mol. The van der Waals surface area contributed by atoms with E-state index in [0.717, 1.165) is 16.5 Å². The highest BCUT2D eigenvalue weighted by Crippen LogP contribution is 2.12. The van der Waals surface area contributed by atoms with Crippen molar-refractivity contribution in [3.05, 3.63) is 34.3 Å². The zero-order valence-electron chi connectivity index (χ0n) is 8.83. The van der Waals surface area contributed by atoms with Crippen LogP contribution in [0.25, 0.3) is 0 Å². The van der Waals surface area contributed by atoms with Crippen molar-refractivity contribution in [3.8, 4) is 0 Å². The summed E-state index contributed by atoms with van der Waals surface area (Å²) in [5.74, 6) is 0.126. The van der Waals surface area contributed by atoms with E-state index in [0.29, 0.717) is 13.0 Å². The predicted octanol–water partition coefficient (Wildman–Crippen LogP) is 2.99. The average Bonchev–Trinajstić information content (AvgIpc) is 2.18. The number of Topliss-reactive ketones (excluding diaryl/α,β-unsaturated/α-hetero) is 1. The number of carbonyl (C=O) groups is 1. The first-order chi connectivity index (χ1) is 7.22. The number of hydrogen-bond donors (Lipinski definition) is 0. The fourth-order valence-corrected chi connectivity index (χ4v) is 1.70. The lowest BCUT2D eigenvalue weighted by atomic mass is 10.1. The van der Waals surface area contributed by atoms with Crippen LogP contribution in [0.4, 0.5) is 0 Å². The van der Waals surface area contributed by atoms with Crippen molar-refractivity contribution in [2.24, 2.45) is 0 Å². The van der Waals surface area contributed by atoms with Gasteiger partial charge in [0, 0.05) is 17.5 Å². The molecule has 3 heteroatoms. The van der Waals surface area contributed by atoms with Gasteiger partial charge >= 0.3 is 0 Å². The molecule has 82 valence electrons. The summed E-state index contributed by atoms with van der Waals surface area (Å²) in [4.78, 5) is 11.5. The fraction of sp³-hybridized carbons (Fsp3) is 0.417. The Kier molecular flexibility index (Phi) is 5.58. The number of halogens is 1. The summed E-state index contributed by atoms with van der Waals surface area (Å²) in [5.41, 5.74) is 1.02. The summed E-state index contributed by atoms with van der Waals surface area (Å²) < 4.78 is 6.19. The van der Waals surface area contributed by atoms with E-state index >= 15 is 0 Å². The SMILES string of the molecule is CCCOCC(=O)Cc1cccc(Br)c1. The standard InChI is InChI=1S/C12H15BrO2/c1-2-6-15-9-12(14)8-10-4-3-5-11(13)7-10/h3-5,7H,2,6,8-9H2,1H3. The molecule has 0 atom stereocenters. The second-order valence-electron chi connectivity index (χ2n) is 3.40. The molecule has 0 saturated heterocycles. The lowest BCUT2D eigenvalue weighted by Crippen LogP contribution is -2.11. The van der Waals surface area contributed by atoms with Gasteiger partial charge in [-0.1, -0.05) is 35.0 Å². The van der Waals surface area contributed by atoms with Crippen molar-refractivity contribution in [2.75, 3.05) is 13.2 Å². The van der Waals surface area contributed by atoms with Crippen LogP contribution < -0.4 is 0 Å². The summed E-state index contributed by atoms with van der Waals surface area (Å²) in [6.07, 6.45) is 1.40. The van der Waals surface area contributed by atoms with Crippen LogP contribution >= 0.6 is 15.9 Å². The third-order valence-corrected chi connectivity index (χ3v) is 2.40. The van der Waals surface area contributed by atoms with Gasteiger partial charge in [-0.3, -0.25) is 4.79 Å². The van der Waals surface area contributed by atoms with Crippen LogP contribution in [0, 0.1) is 0 Å². The van der Waals surface area contributed by atoms with E-state index in [1.807, 2.05) is 31.2 Å². The van der Waals surface area contributed by atoms with Gasteiger partial charge < -0.3 is 4.74 Å². The zero-order chi connectivity index (χ0) is 11.1. The highest BCUT2D eigenvalue weighted by atomic mass is 79.9. The molecule has 0 aliphatic carbocycles. The monoisotopic (exact) mass is 270 g/mol. The quantitative estimate of drug-likeness (QED) is 0.743. The fourth-order valence-electron chi connectivity index (χ4n) is 1.26. The zero-order valence-corrected chi connectivity index (χ0v) is 10.4. The molecule has 0 aliphatic rings. The second-order valence-corrected chi connectivity index (χ2v) is 4.31. The third kappa shape index (κ3) is 5.09. The molecule has 15 heavy (non-hydrogen) atoms. The first kappa shape index (κ1) is 12.4. The number of hydrogen-bond acceptors (Lipinski definition) is 2. The lowest BCUT2D eigenvalue weighted by Gasteiger charge is -2.02. The Morgan fingerprint density at radius 2 is 2.27 bits per heavy atom. The number of rotatable bonds is 6. The van der Waals surface area contributed by atoms with Gasteiger partial charge in [0.2, 0.25) is 0 Å². The van der Waals surface area contributed by atoms with Crippen LogP contribution in [0.5, 0.6) is 0 Å². The van der Waals surface area contributed by atoms with Gasteiger partial charge in [0.25, 0.3) is 0 Å². The summed E-state index contributed by atoms with van der Waals surface area (Å²) in [7, 11) is 0. The highest BCUT2D eigenvalue weighted by Gasteiger charge is 2.03. The molecule has 0 unspecified atom stereocenters. The minimum Gasteiger partial charge on any atom is -0.374 e. The minimum atomic E-state index is 0.126. The van der Waals surface area contributed by atoms with Crippen LogP contribution in [0.3, 0.4) is 0 Å². The van der Waals surface area contributed by atoms with Crippen molar-refractivity contribution in [1.82, 2.24) is 0 Å². The molecule has 0 heterocycles. The van der Waals surface area contributed by atoms with Gasteiger partial charge in [-0.15, -0.1) is 0 Å². The Hall–Kier alpha value is -0.670. The topological polar surface area (TPSA) is 26.3 Å². The van der Waals surface area contributed by atoms with Crippen molar-refractivity contribution >= 4 is 21.7 Å². The smallest absolute Gasteiger partial charge is 0.162 e. The molecule has 0 amide bonds. The van der Waals surface area contributed by atoms with E-state index in [1.165, 1.54) is 0 Å². The molecular weight excluding hydrogens is 256 g/mol. The van der Waals surface area contributed by atoms with E-state index in [1.54, 1.807) is 0 Å². The van der Waals surface area contributed by atoms with Crippen molar-refractivity contribution < 1.29 is 9.53 Å². The number of benzene rings is 1. The molecule has 0 radical (unpaired) electrons. The molecule has 1 aromatic carbocycles. The first-order valence-corrected chi connectivity index (χ1v) is 5.85. The molecule has 0 N–H and O–H groups in total. The highest BCUT2D eigenvalue weighted by molar-refractivity contribution is 9.10. The van der Waals surface area contributed by atoms with Gasteiger partial charge in [0.1, 0.15) is 6.61 Å². The minimum absolute atomic E-state index is 0.126.